The Morgan fingerprint density at radius 2 is 1.47 bits per heavy atom. The Bertz CT molecular complexity index is 1210. The van der Waals surface area contributed by atoms with Crippen LogP contribution in [0.2, 0.25) is 0 Å². The maximum absolute atomic E-state index is 12.7. The number of carbonyl (C=O) groups is 2. The molecule has 3 rings (SSSR count). The van der Waals surface area contributed by atoms with Gasteiger partial charge in [-0.15, -0.1) is 0 Å². The number of sulfonamides is 1. The normalized spacial score (nSPS) is 12.0. The van der Waals surface area contributed by atoms with Crippen LogP contribution in [-0.2, 0) is 19.6 Å². The molecule has 8 heteroatoms. The van der Waals surface area contributed by atoms with Crippen molar-refractivity contribution >= 4 is 27.6 Å². The second kappa shape index (κ2) is 9.65. The van der Waals surface area contributed by atoms with Gasteiger partial charge >= 0.3 is 5.97 Å². The van der Waals surface area contributed by atoms with Crippen molar-refractivity contribution in [2.24, 2.45) is 0 Å². The fraction of sp³-hybridized carbons (Fsp3) is 0.167. The molecule has 0 radical (unpaired) electrons. The number of para-hydroxylation sites is 1. The zero-order valence-electron chi connectivity index (χ0n) is 18.0. The summed E-state index contributed by atoms with van der Waals surface area (Å²) in [6, 6.07) is 21.1. The average molecular weight is 453 g/mol. The Labute approximate surface area is 187 Å². The summed E-state index contributed by atoms with van der Waals surface area (Å²) in [4.78, 5) is 26.6. The minimum Gasteiger partial charge on any atom is -0.444 e. The zero-order valence-corrected chi connectivity index (χ0v) is 18.8. The van der Waals surface area contributed by atoms with E-state index in [4.69, 9.17) is 4.74 Å². The number of likely N-dealkylation sites (N-methyl/N-ethyl adjacent to an activating group) is 1. The molecule has 32 heavy (non-hydrogen) atoms. The molecular formula is C24H24N2O5S. The number of benzene rings is 3. The molecule has 166 valence electrons. The summed E-state index contributed by atoms with van der Waals surface area (Å²) in [6.45, 7) is 1.80. The van der Waals surface area contributed by atoms with Gasteiger partial charge in [0.1, 0.15) is 0 Å². The Kier molecular flexibility index (Phi) is 6.95. The molecule has 0 saturated carbocycles. The molecule has 1 unspecified atom stereocenters. The molecule has 0 aromatic heterocycles. The highest BCUT2D eigenvalue weighted by atomic mass is 32.2. The summed E-state index contributed by atoms with van der Waals surface area (Å²) in [7, 11) is -0.679. The van der Waals surface area contributed by atoms with Crippen molar-refractivity contribution in [2.75, 3.05) is 18.8 Å². The highest BCUT2D eigenvalue weighted by Crippen LogP contribution is 2.23. The molecule has 0 heterocycles. The molecule has 0 aliphatic rings. The third-order valence-electron chi connectivity index (χ3n) is 4.78. The lowest BCUT2D eigenvalue weighted by molar-refractivity contribution is -0.138. The van der Waals surface area contributed by atoms with Crippen LogP contribution in [0.4, 0.5) is 5.69 Å². The number of ether oxygens (including phenoxy) is 1. The van der Waals surface area contributed by atoms with E-state index in [-0.39, 0.29) is 16.4 Å². The summed E-state index contributed by atoms with van der Waals surface area (Å²) in [5, 5.41) is 0. The van der Waals surface area contributed by atoms with Gasteiger partial charge in [0.25, 0.3) is 15.9 Å². The summed E-state index contributed by atoms with van der Waals surface area (Å²) in [5.41, 5.74) is 1.94. The maximum Gasteiger partial charge on any atom is 0.339 e. The van der Waals surface area contributed by atoms with Crippen molar-refractivity contribution < 1.29 is 22.7 Å². The van der Waals surface area contributed by atoms with Gasteiger partial charge < -0.3 is 9.64 Å². The van der Waals surface area contributed by atoms with E-state index in [1.165, 1.54) is 29.2 Å². The number of carbonyl (C=O) groups excluding carboxylic acids is 2. The molecule has 7 nitrogen and oxygen atoms in total. The number of esters is 1. The number of rotatable bonds is 7. The first-order chi connectivity index (χ1) is 15.2. The fourth-order valence-electron chi connectivity index (χ4n) is 2.96. The maximum atomic E-state index is 12.7. The molecule has 0 aliphatic heterocycles. The van der Waals surface area contributed by atoms with E-state index < -0.39 is 22.1 Å². The van der Waals surface area contributed by atoms with E-state index in [0.717, 1.165) is 5.56 Å². The largest absolute Gasteiger partial charge is 0.444 e. The smallest absolute Gasteiger partial charge is 0.339 e. The third kappa shape index (κ3) is 5.33. The molecule has 0 spiro atoms. The van der Waals surface area contributed by atoms with Crippen molar-refractivity contribution in [2.45, 2.75) is 17.9 Å². The quantitative estimate of drug-likeness (QED) is 0.551. The summed E-state index contributed by atoms with van der Waals surface area (Å²) < 4.78 is 33.4. The van der Waals surface area contributed by atoms with E-state index in [1.807, 2.05) is 6.07 Å². The second-order valence-electron chi connectivity index (χ2n) is 7.37. The van der Waals surface area contributed by atoms with Crippen LogP contribution in [0.25, 0.3) is 0 Å². The number of nitrogens with one attached hydrogen (secondary N) is 1. The number of amides is 1. The van der Waals surface area contributed by atoms with Crippen LogP contribution >= 0.6 is 0 Å². The first-order valence-electron chi connectivity index (χ1n) is 9.84. The summed E-state index contributed by atoms with van der Waals surface area (Å²) >= 11 is 0. The number of hydrogen-bond donors (Lipinski definition) is 1. The molecule has 0 saturated heterocycles. The number of hydrogen-bond acceptors (Lipinski definition) is 5. The Hall–Kier alpha value is -3.65. The van der Waals surface area contributed by atoms with Gasteiger partial charge in [-0.3, -0.25) is 9.52 Å². The molecule has 3 aromatic rings. The Morgan fingerprint density at radius 3 is 2.06 bits per heavy atom. The van der Waals surface area contributed by atoms with Crippen LogP contribution in [0, 0.1) is 6.92 Å². The summed E-state index contributed by atoms with van der Waals surface area (Å²) in [5.74, 6) is -1.11. The highest BCUT2D eigenvalue weighted by Gasteiger charge is 2.27. The van der Waals surface area contributed by atoms with Crippen LogP contribution in [-0.4, -0.2) is 39.3 Å². The van der Waals surface area contributed by atoms with E-state index in [0.29, 0.717) is 11.3 Å². The molecule has 0 fully saturated rings. The standard InChI is InChI=1S/C24H24N2O5S/c1-17-9-7-8-12-21(17)25-32(29,30)20-15-13-19(14-16-20)24(28)31-22(23(27)26(2)3)18-10-5-4-6-11-18/h4-16,22,25H,1-3H3. The molecule has 0 bridgehead atoms. The van der Waals surface area contributed by atoms with Crippen molar-refractivity contribution in [3.05, 3.63) is 95.6 Å². The first kappa shape index (κ1) is 23.0. The van der Waals surface area contributed by atoms with Gasteiger partial charge in [-0.25, -0.2) is 13.2 Å². The van der Waals surface area contributed by atoms with E-state index in [9.17, 15) is 18.0 Å². The zero-order chi connectivity index (χ0) is 23.3. The van der Waals surface area contributed by atoms with Gasteiger partial charge in [-0.2, -0.15) is 0 Å². The third-order valence-corrected chi connectivity index (χ3v) is 6.16. The minimum atomic E-state index is -3.83. The number of anilines is 1. The van der Waals surface area contributed by atoms with Gasteiger partial charge in [0.05, 0.1) is 16.1 Å². The lowest BCUT2D eigenvalue weighted by Gasteiger charge is -2.21. The predicted octanol–water partition coefficient (Wildman–Crippen LogP) is 3.78. The van der Waals surface area contributed by atoms with Crippen molar-refractivity contribution in [3.63, 3.8) is 0 Å². The van der Waals surface area contributed by atoms with Crippen LogP contribution in [0.3, 0.4) is 0 Å². The first-order valence-corrected chi connectivity index (χ1v) is 11.3. The number of nitrogens with zero attached hydrogens (tertiary/aromatic N) is 1. The van der Waals surface area contributed by atoms with Gasteiger partial charge in [0, 0.05) is 19.7 Å². The SMILES string of the molecule is Cc1ccccc1NS(=O)(=O)c1ccc(C(=O)OC(C(=O)N(C)C)c2ccccc2)cc1. The predicted molar refractivity (Wildman–Crippen MR) is 122 cm³/mol. The van der Waals surface area contributed by atoms with Crippen LogP contribution in [0.15, 0.2) is 83.8 Å². The highest BCUT2D eigenvalue weighted by molar-refractivity contribution is 7.92. The van der Waals surface area contributed by atoms with Crippen LogP contribution in [0.5, 0.6) is 0 Å². The van der Waals surface area contributed by atoms with Crippen LogP contribution < -0.4 is 4.72 Å². The molecule has 0 aliphatic carbocycles. The van der Waals surface area contributed by atoms with Gasteiger partial charge in [-0.05, 0) is 42.8 Å². The van der Waals surface area contributed by atoms with E-state index >= 15 is 0 Å². The fourth-order valence-corrected chi connectivity index (χ4v) is 4.09. The molecule has 1 amide bonds. The Balaban J connectivity index is 1.79. The van der Waals surface area contributed by atoms with Gasteiger partial charge in [0.15, 0.2) is 0 Å². The molecule has 1 atom stereocenters. The lowest BCUT2D eigenvalue weighted by Crippen LogP contribution is -2.31. The van der Waals surface area contributed by atoms with E-state index in [1.54, 1.807) is 69.6 Å². The van der Waals surface area contributed by atoms with Crippen molar-refractivity contribution in [1.82, 2.24) is 4.90 Å². The van der Waals surface area contributed by atoms with Gasteiger partial charge in [0.2, 0.25) is 6.10 Å². The van der Waals surface area contributed by atoms with Crippen LogP contribution in [0.1, 0.15) is 27.6 Å². The second-order valence-corrected chi connectivity index (χ2v) is 9.06. The molecule has 3 aromatic carbocycles. The minimum absolute atomic E-state index is 0.00119. The Morgan fingerprint density at radius 1 is 0.875 bits per heavy atom. The number of aryl methyl sites for hydroxylation is 1. The summed E-state index contributed by atoms with van der Waals surface area (Å²) in [6.07, 6.45) is -1.11. The molecule has 1 N–H and O–H groups in total. The van der Waals surface area contributed by atoms with Gasteiger partial charge in [-0.1, -0.05) is 48.5 Å². The topological polar surface area (TPSA) is 92.8 Å². The van der Waals surface area contributed by atoms with Crippen molar-refractivity contribution in [3.8, 4) is 0 Å². The molecular weight excluding hydrogens is 428 g/mol. The average Bonchev–Trinajstić information content (AvgIpc) is 2.79. The lowest BCUT2D eigenvalue weighted by atomic mass is 10.1. The van der Waals surface area contributed by atoms with Crippen molar-refractivity contribution in [1.29, 1.82) is 0 Å². The van der Waals surface area contributed by atoms with E-state index in [2.05, 4.69) is 4.72 Å². The monoisotopic (exact) mass is 452 g/mol.